The SMILES string of the molecule is Cc1ccc(NC(=O)c2ccc(CCc3ccc(OC(=O)c4ccc(C)cc4)cc3)cc2)cc1. The topological polar surface area (TPSA) is 55.4 Å². The van der Waals surface area contributed by atoms with E-state index in [1.54, 1.807) is 12.1 Å². The summed E-state index contributed by atoms with van der Waals surface area (Å²) >= 11 is 0. The van der Waals surface area contributed by atoms with Gasteiger partial charge in [-0.25, -0.2) is 4.79 Å². The molecule has 0 saturated heterocycles. The van der Waals surface area contributed by atoms with Crippen LogP contribution in [0.15, 0.2) is 97.1 Å². The van der Waals surface area contributed by atoms with Crippen LogP contribution in [0.3, 0.4) is 0 Å². The second-order valence-electron chi connectivity index (χ2n) is 8.42. The van der Waals surface area contributed by atoms with Crippen LogP contribution in [-0.2, 0) is 12.8 Å². The molecule has 0 aliphatic carbocycles. The third-order valence-corrected chi connectivity index (χ3v) is 5.65. The quantitative estimate of drug-likeness (QED) is 0.257. The molecule has 0 saturated carbocycles. The Kier molecular flexibility index (Phi) is 7.19. The van der Waals surface area contributed by atoms with Gasteiger partial charge < -0.3 is 10.1 Å². The van der Waals surface area contributed by atoms with E-state index in [-0.39, 0.29) is 11.9 Å². The zero-order valence-electron chi connectivity index (χ0n) is 19.4. The minimum atomic E-state index is -0.362. The average Bonchev–Trinajstić information content (AvgIpc) is 2.85. The molecule has 0 radical (unpaired) electrons. The number of esters is 1. The Labute approximate surface area is 200 Å². The summed E-state index contributed by atoms with van der Waals surface area (Å²) < 4.78 is 5.47. The smallest absolute Gasteiger partial charge is 0.343 e. The van der Waals surface area contributed by atoms with Crippen LogP contribution in [0, 0.1) is 13.8 Å². The molecule has 0 unspecified atom stereocenters. The molecule has 0 heterocycles. The highest BCUT2D eigenvalue weighted by molar-refractivity contribution is 6.04. The molecule has 4 heteroatoms. The molecule has 4 aromatic carbocycles. The molecule has 0 fully saturated rings. The van der Waals surface area contributed by atoms with E-state index in [4.69, 9.17) is 4.74 Å². The van der Waals surface area contributed by atoms with Crippen molar-refractivity contribution in [2.75, 3.05) is 5.32 Å². The highest BCUT2D eigenvalue weighted by Crippen LogP contribution is 2.17. The zero-order chi connectivity index (χ0) is 23.9. The van der Waals surface area contributed by atoms with Gasteiger partial charge in [-0.05, 0) is 86.3 Å². The van der Waals surface area contributed by atoms with Crippen molar-refractivity contribution >= 4 is 17.6 Å². The number of anilines is 1. The molecule has 0 aromatic heterocycles. The molecule has 34 heavy (non-hydrogen) atoms. The summed E-state index contributed by atoms with van der Waals surface area (Å²) in [6.45, 7) is 3.99. The molecule has 0 atom stereocenters. The number of amides is 1. The van der Waals surface area contributed by atoms with Crippen molar-refractivity contribution in [1.82, 2.24) is 0 Å². The minimum absolute atomic E-state index is 0.119. The Morgan fingerprint density at radius 3 is 1.65 bits per heavy atom. The van der Waals surface area contributed by atoms with Gasteiger partial charge in [-0.3, -0.25) is 4.79 Å². The van der Waals surface area contributed by atoms with Crippen molar-refractivity contribution in [3.05, 3.63) is 130 Å². The van der Waals surface area contributed by atoms with Crippen LogP contribution in [0.5, 0.6) is 5.75 Å². The number of benzene rings is 4. The van der Waals surface area contributed by atoms with E-state index in [0.29, 0.717) is 16.9 Å². The fraction of sp³-hybridized carbons (Fsp3) is 0.133. The first-order valence-corrected chi connectivity index (χ1v) is 11.3. The standard InChI is InChI=1S/C30H27NO3/c1-21-3-13-26(14-4-21)30(33)34-28-19-11-24(12-20-28)8-7-23-9-15-25(16-10-23)29(32)31-27-17-5-22(2)6-18-27/h3-6,9-20H,7-8H2,1-2H3,(H,31,32). The van der Waals surface area contributed by atoms with Crippen LogP contribution in [-0.4, -0.2) is 11.9 Å². The lowest BCUT2D eigenvalue weighted by atomic mass is 10.0. The van der Waals surface area contributed by atoms with Gasteiger partial charge in [0.1, 0.15) is 5.75 Å². The maximum absolute atomic E-state index is 12.5. The van der Waals surface area contributed by atoms with Crippen molar-refractivity contribution in [3.8, 4) is 5.75 Å². The molecule has 1 N–H and O–H groups in total. The lowest BCUT2D eigenvalue weighted by Gasteiger charge is -2.08. The van der Waals surface area contributed by atoms with Gasteiger partial charge in [-0.15, -0.1) is 0 Å². The summed E-state index contributed by atoms with van der Waals surface area (Å²) in [6, 6.07) is 30.3. The molecule has 0 aliphatic heterocycles. The van der Waals surface area contributed by atoms with Crippen LogP contribution in [0.1, 0.15) is 43.0 Å². The predicted molar refractivity (Wildman–Crippen MR) is 136 cm³/mol. The first-order chi connectivity index (χ1) is 16.5. The van der Waals surface area contributed by atoms with Gasteiger partial charge >= 0.3 is 5.97 Å². The Bertz CT molecular complexity index is 1260. The van der Waals surface area contributed by atoms with E-state index in [0.717, 1.165) is 40.8 Å². The van der Waals surface area contributed by atoms with Crippen LogP contribution in [0.25, 0.3) is 0 Å². The second kappa shape index (κ2) is 10.6. The van der Waals surface area contributed by atoms with Crippen molar-refractivity contribution in [1.29, 1.82) is 0 Å². The molecular weight excluding hydrogens is 422 g/mol. The summed E-state index contributed by atoms with van der Waals surface area (Å²) in [5.41, 5.74) is 6.50. The molecule has 0 spiro atoms. The summed E-state index contributed by atoms with van der Waals surface area (Å²) in [5.74, 6) is 0.0451. The largest absolute Gasteiger partial charge is 0.423 e. The summed E-state index contributed by atoms with van der Waals surface area (Å²) in [6.07, 6.45) is 1.70. The van der Waals surface area contributed by atoms with E-state index in [1.165, 1.54) is 0 Å². The Balaban J connectivity index is 1.28. The Morgan fingerprint density at radius 2 is 1.09 bits per heavy atom. The summed E-state index contributed by atoms with van der Waals surface area (Å²) in [4.78, 5) is 24.7. The average molecular weight is 450 g/mol. The number of aryl methyl sites for hydroxylation is 4. The lowest BCUT2D eigenvalue weighted by Crippen LogP contribution is -2.11. The summed E-state index contributed by atoms with van der Waals surface area (Å²) in [7, 11) is 0. The van der Waals surface area contributed by atoms with Crippen LogP contribution in [0.2, 0.25) is 0 Å². The van der Waals surface area contributed by atoms with Gasteiger partial charge in [0.2, 0.25) is 0 Å². The number of carbonyl (C=O) groups is 2. The van der Waals surface area contributed by atoms with Crippen LogP contribution < -0.4 is 10.1 Å². The summed E-state index contributed by atoms with van der Waals surface area (Å²) in [5, 5.41) is 2.92. The predicted octanol–water partition coefficient (Wildman–Crippen LogP) is 6.56. The maximum atomic E-state index is 12.5. The normalized spacial score (nSPS) is 10.5. The number of rotatable bonds is 7. The molecule has 4 aromatic rings. The highest BCUT2D eigenvalue weighted by Gasteiger charge is 2.09. The van der Waals surface area contributed by atoms with Gasteiger partial charge in [0, 0.05) is 11.3 Å². The third kappa shape index (κ3) is 6.20. The Hall–Kier alpha value is -4.18. The van der Waals surface area contributed by atoms with Crippen LogP contribution >= 0.6 is 0 Å². The monoisotopic (exact) mass is 449 g/mol. The fourth-order valence-electron chi connectivity index (χ4n) is 3.53. The van der Waals surface area contributed by atoms with Gasteiger partial charge in [-0.2, -0.15) is 0 Å². The lowest BCUT2D eigenvalue weighted by molar-refractivity contribution is 0.0734. The fourth-order valence-corrected chi connectivity index (χ4v) is 3.53. The van der Waals surface area contributed by atoms with E-state index < -0.39 is 0 Å². The number of hydrogen-bond acceptors (Lipinski definition) is 3. The Morgan fingerprint density at radius 1 is 0.618 bits per heavy atom. The third-order valence-electron chi connectivity index (χ3n) is 5.65. The van der Waals surface area contributed by atoms with Crippen LogP contribution in [0.4, 0.5) is 5.69 Å². The number of hydrogen-bond donors (Lipinski definition) is 1. The van der Waals surface area contributed by atoms with Gasteiger partial charge in [-0.1, -0.05) is 59.7 Å². The van der Waals surface area contributed by atoms with E-state index >= 15 is 0 Å². The highest BCUT2D eigenvalue weighted by atomic mass is 16.5. The molecule has 1 amide bonds. The molecule has 170 valence electrons. The zero-order valence-corrected chi connectivity index (χ0v) is 19.4. The number of nitrogens with one attached hydrogen (secondary N) is 1. The molecule has 0 bridgehead atoms. The van der Waals surface area contributed by atoms with Crippen molar-refractivity contribution in [2.45, 2.75) is 26.7 Å². The van der Waals surface area contributed by atoms with E-state index in [1.807, 2.05) is 98.8 Å². The molecule has 0 aliphatic rings. The molecule has 4 nitrogen and oxygen atoms in total. The first-order valence-electron chi connectivity index (χ1n) is 11.3. The van der Waals surface area contributed by atoms with Gasteiger partial charge in [0.25, 0.3) is 5.91 Å². The van der Waals surface area contributed by atoms with Crippen molar-refractivity contribution in [3.63, 3.8) is 0 Å². The first kappa shape index (κ1) is 23.0. The van der Waals surface area contributed by atoms with Crippen molar-refractivity contribution < 1.29 is 14.3 Å². The number of carbonyl (C=O) groups excluding carboxylic acids is 2. The van der Waals surface area contributed by atoms with Gasteiger partial charge in [0.05, 0.1) is 5.56 Å². The molecular formula is C30H27NO3. The van der Waals surface area contributed by atoms with Crippen molar-refractivity contribution in [2.24, 2.45) is 0 Å². The van der Waals surface area contributed by atoms with Gasteiger partial charge in [0.15, 0.2) is 0 Å². The second-order valence-corrected chi connectivity index (χ2v) is 8.42. The van der Waals surface area contributed by atoms with E-state index in [2.05, 4.69) is 5.32 Å². The minimum Gasteiger partial charge on any atom is -0.423 e. The number of ether oxygens (including phenoxy) is 1. The maximum Gasteiger partial charge on any atom is 0.343 e. The van der Waals surface area contributed by atoms with E-state index in [9.17, 15) is 9.59 Å². The molecule has 4 rings (SSSR count).